The van der Waals surface area contributed by atoms with Crippen LogP contribution in [-0.4, -0.2) is 48.0 Å². The summed E-state index contributed by atoms with van der Waals surface area (Å²) in [5, 5.41) is 0. The molecule has 3 aromatic heterocycles. The second-order valence-electron chi connectivity index (χ2n) is 7.35. The van der Waals surface area contributed by atoms with Gasteiger partial charge in [-0.05, 0) is 37.0 Å². The number of aryl methyl sites for hydroxylation is 1. The van der Waals surface area contributed by atoms with Gasteiger partial charge < -0.3 is 14.0 Å². The molecule has 1 aliphatic rings. The summed E-state index contributed by atoms with van der Waals surface area (Å²) in [5.74, 6) is 1.62. The molecule has 28 heavy (non-hydrogen) atoms. The third-order valence-corrected chi connectivity index (χ3v) is 5.36. The molecular weight excluding hydrogens is 352 g/mol. The number of carbonyl (C=O) groups is 1. The number of aromatic nitrogens is 5. The van der Waals surface area contributed by atoms with Crippen molar-refractivity contribution in [3.8, 4) is 0 Å². The molecule has 0 spiro atoms. The highest BCUT2D eigenvalue weighted by atomic mass is 16.2. The summed E-state index contributed by atoms with van der Waals surface area (Å²) >= 11 is 0. The number of amides is 1. The molecule has 146 valence electrons. The molecule has 1 saturated heterocycles. The van der Waals surface area contributed by atoms with Crippen LogP contribution in [0.2, 0.25) is 0 Å². The Hall–Kier alpha value is -2.96. The highest BCUT2D eigenvalue weighted by molar-refractivity contribution is 5.76. The molecule has 4 rings (SSSR count). The van der Waals surface area contributed by atoms with Crippen molar-refractivity contribution in [2.75, 3.05) is 13.1 Å². The molecule has 0 bridgehead atoms. The van der Waals surface area contributed by atoms with Gasteiger partial charge in [-0.2, -0.15) is 0 Å². The molecule has 0 aromatic carbocycles. The van der Waals surface area contributed by atoms with E-state index in [1.54, 1.807) is 12.5 Å². The SMILES string of the molecule is O=C(CCCn1ccnc1)N1CCCC(c2nccn2Cc2ccncc2)C1. The fraction of sp³-hybridized carbons (Fsp3) is 0.429. The largest absolute Gasteiger partial charge is 0.342 e. The van der Waals surface area contributed by atoms with Crippen LogP contribution in [0.15, 0.2) is 55.6 Å². The van der Waals surface area contributed by atoms with Gasteiger partial charge in [0.2, 0.25) is 5.91 Å². The summed E-state index contributed by atoms with van der Waals surface area (Å²) < 4.78 is 4.22. The van der Waals surface area contributed by atoms with E-state index in [0.29, 0.717) is 12.3 Å². The van der Waals surface area contributed by atoms with Crippen molar-refractivity contribution in [3.05, 3.63) is 67.0 Å². The van der Waals surface area contributed by atoms with E-state index in [2.05, 4.69) is 19.5 Å². The van der Waals surface area contributed by atoms with E-state index in [1.807, 2.05) is 52.6 Å². The Morgan fingerprint density at radius 3 is 2.82 bits per heavy atom. The van der Waals surface area contributed by atoms with Crippen molar-refractivity contribution in [2.24, 2.45) is 0 Å². The van der Waals surface area contributed by atoms with Crippen LogP contribution < -0.4 is 0 Å². The second kappa shape index (κ2) is 8.82. The van der Waals surface area contributed by atoms with Gasteiger partial charge in [-0.3, -0.25) is 9.78 Å². The first-order chi connectivity index (χ1) is 13.8. The summed E-state index contributed by atoms with van der Waals surface area (Å²) in [6.45, 7) is 3.23. The summed E-state index contributed by atoms with van der Waals surface area (Å²) in [6, 6.07) is 4.06. The van der Waals surface area contributed by atoms with Gasteiger partial charge in [-0.15, -0.1) is 0 Å². The molecule has 1 unspecified atom stereocenters. The number of rotatable bonds is 7. The average molecular weight is 378 g/mol. The van der Waals surface area contributed by atoms with Crippen LogP contribution in [0.3, 0.4) is 0 Å². The quantitative estimate of drug-likeness (QED) is 0.634. The average Bonchev–Trinajstić information content (AvgIpc) is 3.41. The van der Waals surface area contributed by atoms with Crippen molar-refractivity contribution in [3.63, 3.8) is 0 Å². The standard InChI is InChI=1S/C21H26N6O/c28-20(4-2-11-25-13-9-23-17-25)26-12-1-3-19(16-26)21-24-10-14-27(21)15-18-5-7-22-8-6-18/h5-10,13-14,17,19H,1-4,11-12,15-16H2. The molecule has 0 saturated carbocycles. The summed E-state index contributed by atoms with van der Waals surface area (Å²) in [5.41, 5.74) is 1.21. The van der Waals surface area contributed by atoms with Crippen LogP contribution in [-0.2, 0) is 17.9 Å². The van der Waals surface area contributed by atoms with Crippen molar-refractivity contribution in [1.82, 2.24) is 29.0 Å². The fourth-order valence-electron chi connectivity index (χ4n) is 3.90. The Kier molecular flexibility index (Phi) is 5.80. The predicted octanol–water partition coefficient (Wildman–Crippen LogP) is 2.71. The first kappa shape index (κ1) is 18.4. The molecule has 0 aliphatic carbocycles. The third kappa shape index (κ3) is 4.47. The predicted molar refractivity (Wildman–Crippen MR) is 106 cm³/mol. The fourth-order valence-corrected chi connectivity index (χ4v) is 3.90. The van der Waals surface area contributed by atoms with Crippen LogP contribution in [0.4, 0.5) is 0 Å². The van der Waals surface area contributed by atoms with Crippen LogP contribution in [0.25, 0.3) is 0 Å². The number of carbonyl (C=O) groups excluding carboxylic acids is 1. The zero-order valence-electron chi connectivity index (χ0n) is 16.0. The highest BCUT2D eigenvalue weighted by Crippen LogP contribution is 2.27. The van der Waals surface area contributed by atoms with E-state index in [0.717, 1.165) is 51.3 Å². The lowest BCUT2D eigenvalue weighted by Crippen LogP contribution is -2.39. The van der Waals surface area contributed by atoms with Gasteiger partial charge in [0.1, 0.15) is 5.82 Å². The van der Waals surface area contributed by atoms with E-state index in [1.165, 1.54) is 5.56 Å². The molecule has 1 amide bonds. The highest BCUT2D eigenvalue weighted by Gasteiger charge is 2.27. The topological polar surface area (TPSA) is 68.8 Å². The molecule has 7 heteroatoms. The number of piperidine rings is 1. The third-order valence-electron chi connectivity index (χ3n) is 5.36. The van der Waals surface area contributed by atoms with Crippen molar-refractivity contribution >= 4 is 5.91 Å². The van der Waals surface area contributed by atoms with E-state index < -0.39 is 0 Å². The van der Waals surface area contributed by atoms with Gasteiger partial charge in [0, 0.05) is 75.7 Å². The maximum absolute atomic E-state index is 12.7. The molecule has 1 fully saturated rings. The number of hydrogen-bond acceptors (Lipinski definition) is 4. The summed E-state index contributed by atoms with van der Waals surface area (Å²) in [6.07, 6.45) is 16.5. The molecule has 1 atom stereocenters. The Morgan fingerprint density at radius 2 is 2.00 bits per heavy atom. The number of hydrogen-bond donors (Lipinski definition) is 0. The molecule has 0 radical (unpaired) electrons. The van der Waals surface area contributed by atoms with Gasteiger partial charge in [0.25, 0.3) is 0 Å². The van der Waals surface area contributed by atoms with Gasteiger partial charge in [-0.25, -0.2) is 9.97 Å². The van der Waals surface area contributed by atoms with E-state index >= 15 is 0 Å². The van der Waals surface area contributed by atoms with Gasteiger partial charge in [0.15, 0.2) is 0 Å². The smallest absolute Gasteiger partial charge is 0.222 e. The first-order valence-corrected chi connectivity index (χ1v) is 9.93. The van der Waals surface area contributed by atoms with E-state index in [-0.39, 0.29) is 5.91 Å². The maximum Gasteiger partial charge on any atom is 0.222 e. The maximum atomic E-state index is 12.7. The van der Waals surface area contributed by atoms with Crippen LogP contribution in [0, 0.1) is 0 Å². The van der Waals surface area contributed by atoms with E-state index in [4.69, 9.17) is 0 Å². The molecule has 7 nitrogen and oxygen atoms in total. The minimum absolute atomic E-state index is 0.247. The number of imidazole rings is 2. The van der Waals surface area contributed by atoms with Crippen LogP contribution >= 0.6 is 0 Å². The lowest BCUT2D eigenvalue weighted by molar-refractivity contribution is -0.132. The Balaban J connectivity index is 1.35. The Bertz CT molecular complexity index is 873. The monoisotopic (exact) mass is 378 g/mol. The molecule has 0 N–H and O–H groups in total. The van der Waals surface area contributed by atoms with Crippen LogP contribution in [0.5, 0.6) is 0 Å². The lowest BCUT2D eigenvalue weighted by atomic mass is 9.96. The van der Waals surface area contributed by atoms with Crippen molar-refractivity contribution in [1.29, 1.82) is 0 Å². The molecular formula is C21H26N6O. The summed E-state index contributed by atoms with van der Waals surface area (Å²) in [4.78, 5) is 27.5. The Labute approximate surface area is 165 Å². The van der Waals surface area contributed by atoms with Gasteiger partial charge >= 0.3 is 0 Å². The molecule has 4 heterocycles. The minimum Gasteiger partial charge on any atom is -0.342 e. The zero-order valence-corrected chi connectivity index (χ0v) is 16.0. The van der Waals surface area contributed by atoms with Crippen LogP contribution in [0.1, 0.15) is 43.0 Å². The first-order valence-electron chi connectivity index (χ1n) is 9.93. The van der Waals surface area contributed by atoms with Crippen molar-refractivity contribution in [2.45, 2.75) is 44.7 Å². The molecule has 3 aromatic rings. The zero-order chi connectivity index (χ0) is 19.2. The van der Waals surface area contributed by atoms with E-state index in [9.17, 15) is 4.79 Å². The molecule has 1 aliphatic heterocycles. The van der Waals surface area contributed by atoms with Gasteiger partial charge in [0.05, 0.1) is 6.33 Å². The van der Waals surface area contributed by atoms with Crippen molar-refractivity contribution < 1.29 is 4.79 Å². The summed E-state index contributed by atoms with van der Waals surface area (Å²) in [7, 11) is 0. The lowest BCUT2D eigenvalue weighted by Gasteiger charge is -2.33. The number of likely N-dealkylation sites (tertiary alicyclic amines) is 1. The Morgan fingerprint density at radius 1 is 1.11 bits per heavy atom. The number of pyridine rings is 1. The minimum atomic E-state index is 0.247. The normalized spacial score (nSPS) is 17.0. The second-order valence-corrected chi connectivity index (χ2v) is 7.35. The van der Waals surface area contributed by atoms with Gasteiger partial charge in [-0.1, -0.05) is 0 Å². The number of nitrogens with zero attached hydrogens (tertiary/aromatic N) is 6.